The Bertz CT molecular complexity index is 1440. The van der Waals surface area contributed by atoms with Crippen LogP contribution < -0.4 is 10.6 Å². The van der Waals surface area contributed by atoms with Crippen LogP contribution in [0.2, 0.25) is 0 Å². The molecule has 0 aliphatic carbocycles. The minimum atomic E-state index is -0.514. The molecular formula is C26H31N9O2. The number of nitrogens with two attached hydrogens (primary N) is 1. The molecule has 0 unspecified atom stereocenters. The summed E-state index contributed by atoms with van der Waals surface area (Å²) in [7, 11) is 0. The molecule has 1 amide bonds. The van der Waals surface area contributed by atoms with Crippen molar-refractivity contribution in [2.24, 2.45) is 0 Å². The minimum Gasteiger partial charge on any atom is -0.444 e. The lowest BCUT2D eigenvalue weighted by atomic mass is 10.2. The Labute approximate surface area is 215 Å². The topological polar surface area (TPSA) is 128 Å². The van der Waals surface area contributed by atoms with Crippen molar-refractivity contribution in [3.8, 4) is 17.2 Å². The summed E-state index contributed by atoms with van der Waals surface area (Å²) in [5.41, 5.74) is 8.15. The quantitative estimate of drug-likeness (QED) is 0.447. The van der Waals surface area contributed by atoms with Crippen LogP contribution >= 0.6 is 0 Å². The standard InChI is InChI=1S/C26H31N9O2/c1-17-24(27)29-16-20(31-17)19-13-21-18(14-28-19)15-30-35(21)23-8-5-7-22(32-23)33-9-6-10-34(12-11-33)25(36)37-26(2,3)4/h5,7-8,13-16H,6,9-12H2,1-4H3,(H2,27,29). The van der Waals surface area contributed by atoms with Gasteiger partial charge >= 0.3 is 6.09 Å². The fraction of sp³-hybridized carbons (Fsp3) is 0.385. The van der Waals surface area contributed by atoms with Crippen LogP contribution in [-0.2, 0) is 4.74 Å². The first-order chi connectivity index (χ1) is 17.7. The molecule has 1 saturated heterocycles. The Kier molecular flexibility index (Phi) is 6.36. The summed E-state index contributed by atoms with van der Waals surface area (Å²) in [5, 5.41) is 5.46. The average Bonchev–Trinajstić information content (AvgIpc) is 3.12. The number of hydrogen-bond acceptors (Lipinski definition) is 9. The van der Waals surface area contributed by atoms with Crippen LogP contribution in [0, 0.1) is 6.92 Å². The van der Waals surface area contributed by atoms with Crippen molar-refractivity contribution in [1.29, 1.82) is 0 Å². The van der Waals surface area contributed by atoms with E-state index in [9.17, 15) is 4.79 Å². The van der Waals surface area contributed by atoms with Crippen LogP contribution in [0.3, 0.4) is 0 Å². The lowest BCUT2D eigenvalue weighted by molar-refractivity contribution is 0.0263. The zero-order valence-corrected chi connectivity index (χ0v) is 21.5. The number of nitrogen functional groups attached to an aromatic ring is 1. The van der Waals surface area contributed by atoms with Crippen LogP contribution in [0.5, 0.6) is 0 Å². The fourth-order valence-electron chi connectivity index (χ4n) is 4.22. The maximum atomic E-state index is 12.5. The molecule has 192 valence electrons. The van der Waals surface area contributed by atoms with Crippen molar-refractivity contribution < 1.29 is 9.53 Å². The predicted molar refractivity (Wildman–Crippen MR) is 141 cm³/mol. The summed E-state index contributed by atoms with van der Waals surface area (Å²) in [6.07, 6.45) is 5.71. The molecule has 0 aromatic carbocycles. The largest absolute Gasteiger partial charge is 0.444 e. The summed E-state index contributed by atoms with van der Waals surface area (Å²) in [6, 6.07) is 7.81. The third kappa shape index (κ3) is 5.30. The number of pyridine rings is 2. The Hall–Kier alpha value is -4.28. The highest BCUT2D eigenvalue weighted by Gasteiger charge is 2.25. The molecule has 1 aliphatic heterocycles. The normalized spacial score (nSPS) is 14.6. The average molecular weight is 502 g/mol. The van der Waals surface area contributed by atoms with E-state index in [1.54, 1.807) is 28.2 Å². The number of nitrogens with zero attached hydrogens (tertiary/aromatic N) is 8. The molecule has 1 aliphatic rings. The van der Waals surface area contributed by atoms with Crippen molar-refractivity contribution in [3.63, 3.8) is 0 Å². The van der Waals surface area contributed by atoms with Crippen LogP contribution in [0.1, 0.15) is 32.9 Å². The zero-order valence-electron chi connectivity index (χ0n) is 21.5. The maximum absolute atomic E-state index is 12.5. The highest BCUT2D eigenvalue weighted by atomic mass is 16.6. The van der Waals surface area contributed by atoms with Gasteiger partial charge in [-0.1, -0.05) is 6.07 Å². The number of ether oxygens (including phenoxy) is 1. The molecule has 0 spiro atoms. The second-order valence-electron chi connectivity index (χ2n) is 10.1. The van der Waals surface area contributed by atoms with Gasteiger partial charge in [0.1, 0.15) is 22.9 Å². The van der Waals surface area contributed by atoms with Gasteiger partial charge in [0.15, 0.2) is 5.82 Å². The van der Waals surface area contributed by atoms with Gasteiger partial charge in [0.25, 0.3) is 0 Å². The highest BCUT2D eigenvalue weighted by molar-refractivity contribution is 5.82. The number of anilines is 2. The summed E-state index contributed by atoms with van der Waals surface area (Å²) in [6.45, 7) is 10.1. The number of amides is 1. The van der Waals surface area contributed by atoms with Gasteiger partial charge in [-0.25, -0.2) is 24.4 Å². The Morgan fingerprint density at radius 1 is 0.973 bits per heavy atom. The molecule has 4 aromatic heterocycles. The molecule has 1 fully saturated rings. The number of fused-ring (bicyclic) bond motifs is 1. The van der Waals surface area contributed by atoms with Crippen LogP contribution in [0.15, 0.2) is 42.9 Å². The number of carbonyl (C=O) groups is 1. The van der Waals surface area contributed by atoms with E-state index in [2.05, 4.69) is 25.0 Å². The Morgan fingerprint density at radius 2 is 1.78 bits per heavy atom. The highest BCUT2D eigenvalue weighted by Crippen LogP contribution is 2.24. The van der Waals surface area contributed by atoms with Crippen molar-refractivity contribution in [3.05, 3.63) is 48.5 Å². The number of aromatic nitrogens is 6. The van der Waals surface area contributed by atoms with Gasteiger partial charge in [-0.05, 0) is 52.3 Å². The first-order valence-corrected chi connectivity index (χ1v) is 12.3. The number of hydrogen-bond donors (Lipinski definition) is 1. The SMILES string of the molecule is Cc1nc(-c2cc3c(cn2)cnn3-c2cccc(N3CCCN(C(=O)OC(C)(C)C)CC3)n2)cnc1N. The molecule has 5 heterocycles. The van der Waals surface area contributed by atoms with E-state index < -0.39 is 5.60 Å². The first-order valence-electron chi connectivity index (χ1n) is 12.3. The van der Waals surface area contributed by atoms with E-state index >= 15 is 0 Å². The number of aryl methyl sites for hydroxylation is 1. The lowest BCUT2D eigenvalue weighted by Crippen LogP contribution is -2.39. The fourth-order valence-corrected chi connectivity index (χ4v) is 4.22. The van der Waals surface area contributed by atoms with Gasteiger partial charge < -0.3 is 20.3 Å². The molecule has 0 bridgehead atoms. The number of carbonyl (C=O) groups excluding carboxylic acids is 1. The van der Waals surface area contributed by atoms with Gasteiger partial charge in [0, 0.05) is 37.8 Å². The van der Waals surface area contributed by atoms with Crippen molar-refractivity contribution >= 4 is 28.6 Å². The van der Waals surface area contributed by atoms with Gasteiger partial charge in [0.2, 0.25) is 0 Å². The van der Waals surface area contributed by atoms with Crippen LogP contribution in [0.4, 0.5) is 16.4 Å². The van der Waals surface area contributed by atoms with Crippen molar-refractivity contribution in [2.45, 2.75) is 39.7 Å². The Balaban J connectivity index is 1.39. The second-order valence-corrected chi connectivity index (χ2v) is 10.1. The third-order valence-electron chi connectivity index (χ3n) is 6.11. The second kappa shape index (κ2) is 9.64. The van der Waals surface area contributed by atoms with E-state index in [-0.39, 0.29) is 6.09 Å². The van der Waals surface area contributed by atoms with Gasteiger partial charge in [-0.2, -0.15) is 5.10 Å². The smallest absolute Gasteiger partial charge is 0.410 e. The van der Waals surface area contributed by atoms with Gasteiger partial charge in [-0.3, -0.25) is 4.98 Å². The minimum absolute atomic E-state index is 0.274. The molecular weight excluding hydrogens is 470 g/mol. The Morgan fingerprint density at radius 3 is 2.57 bits per heavy atom. The van der Waals surface area contributed by atoms with Gasteiger partial charge in [-0.15, -0.1) is 0 Å². The van der Waals surface area contributed by atoms with E-state index in [1.807, 2.05) is 52.0 Å². The molecule has 4 aromatic rings. The molecule has 5 rings (SSSR count). The molecule has 11 heteroatoms. The van der Waals surface area contributed by atoms with E-state index in [0.29, 0.717) is 48.4 Å². The molecule has 11 nitrogen and oxygen atoms in total. The first kappa shape index (κ1) is 24.4. The summed E-state index contributed by atoms with van der Waals surface area (Å²) < 4.78 is 7.36. The maximum Gasteiger partial charge on any atom is 0.410 e. The monoisotopic (exact) mass is 501 g/mol. The summed E-state index contributed by atoms with van der Waals surface area (Å²) in [5.74, 6) is 1.93. The molecule has 0 radical (unpaired) electrons. The van der Waals surface area contributed by atoms with E-state index in [0.717, 1.165) is 29.7 Å². The van der Waals surface area contributed by atoms with Crippen LogP contribution in [-0.4, -0.2) is 72.5 Å². The third-order valence-corrected chi connectivity index (χ3v) is 6.11. The van der Waals surface area contributed by atoms with Crippen LogP contribution in [0.25, 0.3) is 28.1 Å². The summed E-state index contributed by atoms with van der Waals surface area (Å²) >= 11 is 0. The van der Waals surface area contributed by atoms with Gasteiger partial charge in [0.05, 0.1) is 29.3 Å². The number of rotatable bonds is 3. The zero-order chi connectivity index (χ0) is 26.2. The lowest BCUT2D eigenvalue weighted by Gasteiger charge is -2.26. The van der Waals surface area contributed by atoms with E-state index in [4.69, 9.17) is 15.5 Å². The molecule has 2 N–H and O–H groups in total. The van der Waals surface area contributed by atoms with Crippen molar-refractivity contribution in [1.82, 2.24) is 34.6 Å². The van der Waals surface area contributed by atoms with Crippen molar-refractivity contribution in [2.75, 3.05) is 36.8 Å². The molecule has 0 atom stereocenters. The predicted octanol–water partition coefficient (Wildman–Crippen LogP) is 3.61. The summed E-state index contributed by atoms with van der Waals surface area (Å²) in [4.78, 5) is 34.7. The van der Waals surface area contributed by atoms with E-state index in [1.165, 1.54) is 0 Å². The molecule has 37 heavy (non-hydrogen) atoms. The molecule has 0 saturated carbocycles.